The molecule has 0 radical (unpaired) electrons. The van der Waals surface area contributed by atoms with E-state index in [4.69, 9.17) is 14.6 Å². The third-order valence-electron chi connectivity index (χ3n) is 3.55. The van der Waals surface area contributed by atoms with Crippen LogP contribution in [0.3, 0.4) is 0 Å². The van der Waals surface area contributed by atoms with E-state index < -0.39 is 5.91 Å². The molecule has 128 valence electrons. The highest BCUT2D eigenvalue weighted by Crippen LogP contribution is 2.23. The molecular weight excluding hydrogens is 324 g/mol. The molecule has 0 saturated heterocycles. The van der Waals surface area contributed by atoms with E-state index >= 15 is 0 Å². The van der Waals surface area contributed by atoms with Crippen LogP contribution >= 0.6 is 0 Å². The van der Waals surface area contributed by atoms with Crippen LogP contribution in [0, 0.1) is 6.92 Å². The summed E-state index contributed by atoms with van der Waals surface area (Å²) in [4.78, 5) is 23.2. The molecule has 0 fully saturated rings. The number of hydrogen-bond donors (Lipinski definition) is 2. The Bertz CT molecular complexity index is 913. The number of nitrogens with two attached hydrogens (primary N) is 1. The summed E-state index contributed by atoms with van der Waals surface area (Å²) in [6.07, 6.45) is 2.00. The highest BCUT2D eigenvalue weighted by molar-refractivity contribution is 5.96. The summed E-state index contributed by atoms with van der Waals surface area (Å²) in [7, 11) is 0. The lowest BCUT2D eigenvalue weighted by Crippen LogP contribution is -2.14. The first kappa shape index (κ1) is 16.4. The van der Waals surface area contributed by atoms with E-state index in [9.17, 15) is 9.59 Å². The monoisotopic (exact) mass is 340 g/mol. The van der Waals surface area contributed by atoms with Crippen LogP contribution in [0.15, 0.2) is 45.4 Å². The number of benzene rings is 1. The first-order valence-corrected chi connectivity index (χ1v) is 7.59. The Hall–Kier alpha value is -3.42. The Morgan fingerprint density at radius 1 is 1.24 bits per heavy atom. The van der Waals surface area contributed by atoms with Gasteiger partial charge in [0.1, 0.15) is 5.76 Å². The topological polar surface area (TPSA) is 124 Å². The van der Waals surface area contributed by atoms with Crippen molar-refractivity contribution < 1.29 is 18.4 Å². The Balaban J connectivity index is 1.58. The van der Waals surface area contributed by atoms with Crippen molar-refractivity contribution in [1.82, 2.24) is 10.2 Å². The van der Waals surface area contributed by atoms with Gasteiger partial charge in [-0.05, 0) is 31.2 Å². The quantitative estimate of drug-likeness (QED) is 0.709. The van der Waals surface area contributed by atoms with Crippen LogP contribution in [0.4, 0.5) is 5.69 Å². The molecule has 25 heavy (non-hydrogen) atoms. The van der Waals surface area contributed by atoms with Crippen LogP contribution in [-0.4, -0.2) is 22.0 Å². The molecule has 1 aromatic carbocycles. The standard InChI is InChI=1S/C17H16N4O4/c1-10-13(7-8-24-10)17-21-20-15(25-17)6-5-14(22)19-12-4-2-3-11(9-12)16(18)23/h2-4,7-9H,5-6H2,1H3,(H2,18,23)(H,19,22). The summed E-state index contributed by atoms with van der Waals surface area (Å²) in [6, 6.07) is 8.16. The number of carbonyl (C=O) groups excluding carboxylic acids is 2. The fourth-order valence-electron chi connectivity index (χ4n) is 2.26. The largest absolute Gasteiger partial charge is 0.469 e. The van der Waals surface area contributed by atoms with Gasteiger partial charge in [-0.3, -0.25) is 9.59 Å². The minimum atomic E-state index is -0.552. The minimum absolute atomic E-state index is 0.160. The highest BCUT2D eigenvalue weighted by atomic mass is 16.4. The molecule has 0 atom stereocenters. The molecule has 0 unspecified atom stereocenters. The lowest BCUT2D eigenvalue weighted by atomic mass is 10.2. The predicted molar refractivity (Wildman–Crippen MR) is 88.6 cm³/mol. The summed E-state index contributed by atoms with van der Waals surface area (Å²) in [5, 5.41) is 10.6. The van der Waals surface area contributed by atoms with Crippen molar-refractivity contribution in [2.75, 3.05) is 5.32 Å². The summed E-state index contributed by atoms with van der Waals surface area (Å²) in [5.74, 6) is 0.611. The third-order valence-corrected chi connectivity index (χ3v) is 3.55. The van der Waals surface area contributed by atoms with Crippen molar-refractivity contribution in [1.29, 1.82) is 0 Å². The fourth-order valence-corrected chi connectivity index (χ4v) is 2.26. The van der Waals surface area contributed by atoms with Crippen LogP contribution < -0.4 is 11.1 Å². The molecule has 0 aliphatic rings. The number of primary amides is 1. The number of furan rings is 1. The van der Waals surface area contributed by atoms with E-state index in [-0.39, 0.29) is 12.3 Å². The van der Waals surface area contributed by atoms with E-state index in [1.54, 1.807) is 37.5 Å². The van der Waals surface area contributed by atoms with Crippen LogP contribution in [0.1, 0.15) is 28.4 Å². The van der Waals surface area contributed by atoms with Gasteiger partial charge < -0.3 is 19.9 Å². The van der Waals surface area contributed by atoms with E-state index in [0.717, 1.165) is 5.56 Å². The van der Waals surface area contributed by atoms with Crippen molar-refractivity contribution in [3.63, 3.8) is 0 Å². The van der Waals surface area contributed by atoms with E-state index in [1.165, 1.54) is 6.07 Å². The highest BCUT2D eigenvalue weighted by Gasteiger charge is 2.14. The average Bonchev–Trinajstić information content (AvgIpc) is 3.21. The van der Waals surface area contributed by atoms with Crippen molar-refractivity contribution in [3.05, 3.63) is 53.8 Å². The second kappa shape index (κ2) is 7.00. The minimum Gasteiger partial charge on any atom is -0.469 e. The number of anilines is 1. The van der Waals surface area contributed by atoms with E-state index in [1.807, 2.05) is 0 Å². The van der Waals surface area contributed by atoms with Gasteiger partial charge in [0.05, 0.1) is 11.8 Å². The lowest BCUT2D eigenvalue weighted by molar-refractivity contribution is -0.116. The normalized spacial score (nSPS) is 10.6. The number of aryl methyl sites for hydroxylation is 2. The number of amides is 2. The third kappa shape index (κ3) is 3.92. The van der Waals surface area contributed by atoms with Gasteiger partial charge in [-0.15, -0.1) is 10.2 Å². The maximum atomic E-state index is 12.0. The molecular formula is C17H16N4O4. The zero-order valence-corrected chi connectivity index (χ0v) is 13.5. The zero-order valence-electron chi connectivity index (χ0n) is 13.5. The number of hydrogen-bond acceptors (Lipinski definition) is 6. The summed E-state index contributed by atoms with van der Waals surface area (Å²) in [6.45, 7) is 1.80. The molecule has 3 rings (SSSR count). The van der Waals surface area contributed by atoms with Gasteiger partial charge in [0.2, 0.25) is 17.7 Å². The molecule has 3 N–H and O–H groups in total. The van der Waals surface area contributed by atoms with Crippen LogP contribution in [0.25, 0.3) is 11.5 Å². The van der Waals surface area contributed by atoms with Crippen molar-refractivity contribution in [2.45, 2.75) is 19.8 Å². The average molecular weight is 340 g/mol. The molecule has 8 nitrogen and oxygen atoms in total. The first-order chi connectivity index (χ1) is 12.0. The van der Waals surface area contributed by atoms with Gasteiger partial charge in [-0.1, -0.05) is 6.07 Å². The Kier molecular flexibility index (Phi) is 4.60. The van der Waals surface area contributed by atoms with Gasteiger partial charge in [0.15, 0.2) is 0 Å². The maximum Gasteiger partial charge on any atom is 0.251 e. The lowest BCUT2D eigenvalue weighted by Gasteiger charge is -2.05. The van der Waals surface area contributed by atoms with Gasteiger partial charge in [0, 0.05) is 24.1 Å². The summed E-state index contributed by atoms with van der Waals surface area (Å²) >= 11 is 0. The molecule has 0 bridgehead atoms. The SMILES string of the molecule is Cc1occc1-c1nnc(CCC(=O)Nc2cccc(C(N)=O)c2)o1. The fraction of sp³-hybridized carbons (Fsp3) is 0.176. The van der Waals surface area contributed by atoms with Crippen molar-refractivity contribution in [3.8, 4) is 11.5 Å². The van der Waals surface area contributed by atoms with E-state index in [2.05, 4.69) is 15.5 Å². The number of nitrogens with one attached hydrogen (secondary N) is 1. The number of carbonyl (C=O) groups is 2. The molecule has 0 spiro atoms. The first-order valence-electron chi connectivity index (χ1n) is 7.59. The molecule has 2 amide bonds. The second-order valence-electron chi connectivity index (χ2n) is 5.38. The number of rotatable bonds is 6. The van der Waals surface area contributed by atoms with Gasteiger partial charge in [-0.2, -0.15) is 0 Å². The van der Waals surface area contributed by atoms with Crippen LogP contribution in [-0.2, 0) is 11.2 Å². The molecule has 0 aliphatic carbocycles. The molecule has 2 heterocycles. The number of nitrogens with zero attached hydrogens (tertiary/aromatic N) is 2. The Morgan fingerprint density at radius 3 is 2.80 bits per heavy atom. The van der Waals surface area contributed by atoms with Gasteiger partial charge in [-0.25, -0.2) is 0 Å². The van der Waals surface area contributed by atoms with Crippen LogP contribution in [0.5, 0.6) is 0 Å². The summed E-state index contributed by atoms with van der Waals surface area (Å²) in [5.41, 5.74) is 6.77. The maximum absolute atomic E-state index is 12.0. The van der Waals surface area contributed by atoms with Crippen molar-refractivity contribution >= 4 is 17.5 Å². The van der Waals surface area contributed by atoms with Gasteiger partial charge >= 0.3 is 0 Å². The molecule has 0 saturated carbocycles. The smallest absolute Gasteiger partial charge is 0.251 e. The summed E-state index contributed by atoms with van der Waals surface area (Å²) < 4.78 is 10.7. The second-order valence-corrected chi connectivity index (χ2v) is 5.38. The number of aromatic nitrogens is 2. The van der Waals surface area contributed by atoms with Gasteiger partial charge in [0.25, 0.3) is 5.89 Å². The Morgan fingerprint density at radius 2 is 2.08 bits per heavy atom. The van der Waals surface area contributed by atoms with Crippen LogP contribution in [0.2, 0.25) is 0 Å². The zero-order chi connectivity index (χ0) is 17.8. The molecule has 0 aliphatic heterocycles. The Labute approximate surface area is 143 Å². The van der Waals surface area contributed by atoms with E-state index in [0.29, 0.717) is 35.2 Å². The molecule has 3 aromatic rings. The molecule has 2 aromatic heterocycles. The predicted octanol–water partition coefficient (Wildman–Crippen LogP) is 2.31. The van der Waals surface area contributed by atoms with Crippen molar-refractivity contribution in [2.24, 2.45) is 5.73 Å². The molecule has 8 heteroatoms.